The highest BCUT2D eigenvalue weighted by atomic mass is 19.1. The molecule has 0 unspecified atom stereocenters. The van der Waals surface area contributed by atoms with E-state index in [-0.39, 0.29) is 29.1 Å². The molecule has 0 aromatic rings. The maximum absolute atomic E-state index is 13.9. The van der Waals surface area contributed by atoms with Crippen molar-refractivity contribution in [2.75, 3.05) is 6.54 Å². The van der Waals surface area contributed by atoms with E-state index in [4.69, 9.17) is 0 Å². The van der Waals surface area contributed by atoms with E-state index in [1.807, 2.05) is 6.92 Å². The maximum atomic E-state index is 13.9. The van der Waals surface area contributed by atoms with Crippen LogP contribution in [0, 0.1) is 28.6 Å². The van der Waals surface area contributed by atoms with Crippen LogP contribution in [0.4, 0.5) is 8.78 Å². The first-order valence-corrected chi connectivity index (χ1v) is 9.07. The van der Waals surface area contributed by atoms with Crippen LogP contribution >= 0.6 is 0 Å². The molecule has 2 saturated carbocycles. The Bertz CT molecular complexity index is 679. The molecule has 4 heteroatoms. The van der Waals surface area contributed by atoms with Gasteiger partial charge in [-0.3, -0.25) is 4.79 Å². The van der Waals surface area contributed by atoms with Gasteiger partial charge in [0.1, 0.15) is 0 Å². The number of hydrogen-bond acceptors (Lipinski definition) is 1. The summed E-state index contributed by atoms with van der Waals surface area (Å²) in [5, 5.41) is 2.98. The average molecular weight is 333 g/mol. The summed E-state index contributed by atoms with van der Waals surface area (Å²) >= 11 is 0. The van der Waals surface area contributed by atoms with Crippen LogP contribution in [-0.4, -0.2) is 12.5 Å². The molecule has 3 fully saturated rings. The monoisotopic (exact) mass is 333 g/mol. The largest absolute Gasteiger partial charge is 0.355 e. The molecule has 0 aromatic heterocycles. The molecule has 0 radical (unpaired) electrons. The summed E-state index contributed by atoms with van der Waals surface area (Å²) in [4.78, 5) is 12.4. The Kier molecular flexibility index (Phi) is 3.52. The van der Waals surface area contributed by atoms with E-state index >= 15 is 0 Å². The van der Waals surface area contributed by atoms with E-state index in [9.17, 15) is 13.6 Å². The Morgan fingerprint density at radius 2 is 1.96 bits per heavy atom. The van der Waals surface area contributed by atoms with Gasteiger partial charge in [0, 0.05) is 12.1 Å². The number of fused-ring (bicyclic) bond motifs is 5. The Labute approximate surface area is 142 Å². The van der Waals surface area contributed by atoms with E-state index in [0.29, 0.717) is 30.4 Å². The molecule has 1 amide bonds. The number of hydrogen-bond donors (Lipinski definition) is 1. The summed E-state index contributed by atoms with van der Waals surface area (Å²) in [6.07, 6.45) is 8.08. The Morgan fingerprint density at radius 3 is 2.67 bits per heavy atom. The van der Waals surface area contributed by atoms with Crippen LogP contribution < -0.4 is 5.32 Å². The molecule has 1 N–H and O–H groups in total. The molecule has 1 saturated heterocycles. The molecule has 4 aliphatic rings. The Hall–Kier alpha value is -1.45. The van der Waals surface area contributed by atoms with Crippen LogP contribution in [0.1, 0.15) is 46.0 Å². The van der Waals surface area contributed by atoms with Gasteiger partial charge in [0.15, 0.2) is 0 Å². The van der Waals surface area contributed by atoms with E-state index in [0.717, 1.165) is 37.7 Å². The van der Waals surface area contributed by atoms with Gasteiger partial charge in [0.05, 0.1) is 18.1 Å². The number of allylic oxidation sites excluding steroid dienone is 4. The minimum Gasteiger partial charge on any atom is -0.355 e. The predicted molar refractivity (Wildman–Crippen MR) is 89.2 cm³/mol. The molecule has 5 atom stereocenters. The Balaban J connectivity index is 1.88. The number of halogens is 2. The molecule has 1 heterocycles. The van der Waals surface area contributed by atoms with Crippen molar-refractivity contribution in [1.82, 2.24) is 5.32 Å². The fourth-order valence-electron chi connectivity index (χ4n) is 6.16. The molecule has 2 nitrogen and oxygen atoms in total. The molecule has 3 aliphatic carbocycles. The van der Waals surface area contributed by atoms with Crippen molar-refractivity contribution in [3.8, 4) is 0 Å². The number of carbonyl (C=O) groups excluding carboxylic acids is 1. The molecular formula is C20H25F2NO. The SMILES string of the molecule is C[C@]12CCCC=C1C(=C/F)/C(=C/F)[C@@H]1[C@@H]2CC[C@]2(C)C(=O)NC[C@@H]12. The standard InChI is InChI=1S/C20H25F2NO/c1-19-7-4-3-5-14(19)12(9-21)13(10-22)17-15(19)6-8-20(2)16(17)11-23-18(20)24/h5,9-10,15-17H,3-4,6-8,11H2,1-2H3,(H,23,24)/b12-9+,13-10-/t15-,16-,17+,19-,20-/m0/s1. The first kappa shape index (κ1) is 16.0. The average Bonchev–Trinajstić information content (AvgIpc) is 2.88. The third-order valence-corrected chi connectivity index (χ3v) is 7.53. The minimum atomic E-state index is -0.455. The number of nitrogens with one attached hydrogen (secondary N) is 1. The van der Waals surface area contributed by atoms with Crippen LogP contribution in [0.5, 0.6) is 0 Å². The normalized spacial score (nSPS) is 47.8. The lowest BCUT2D eigenvalue weighted by Gasteiger charge is -2.57. The fourth-order valence-corrected chi connectivity index (χ4v) is 6.16. The zero-order chi connectivity index (χ0) is 17.1. The molecule has 4 rings (SSSR count). The number of rotatable bonds is 0. The van der Waals surface area contributed by atoms with E-state index in [2.05, 4.69) is 18.3 Å². The van der Waals surface area contributed by atoms with Gasteiger partial charge in [-0.15, -0.1) is 0 Å². The smallest absolute Gasteiger partial charge is 0.226 e. The highest BCUT2D eigenvalue weighted by molar-refractivity contribution is 5.85. The van der Waals surface area contributed by atoms with Crippen molar-refractivity contribution in [2.45, 2.75) is 46.0 Å². The summed E-state index contributed by atoms with van der Waals surface area (Å²) in [6.45, 7) is 4.79. The van der Waals surface area contributed by atoms with Crippen molar-refractivity contribution < 1.29 is 13.6 Å². The van der Waals surface area contributed by atoms with Gasteiger partial charge < -0.3 is 5.32 Å². The van der Waals surface area contributed by atoms with Crippen molar-refractivity contribution in [1.29, 1.82) is 0 Å². The molecule has 0 spiro atoms. The van der Waals surface area contributed by atoms with Gasteiger partial charge in [-0.05, 0) is 66.4 Å². The first-order valence-electron chi connectivity index (χ1n) is 9.07. The van der Waals surface area contributed by atoms with Crippen molar-refractivity contribution in [3.05, 3.63) is 35.5 Å². The van der Waals surface area contributed by atoms with Gasteiger partial charge in [-0.1, -0.05) is 19.9 Å². The summed E-state index contributed by atoms with van der Waals surface area (Å²) < 4.78 is 27.8. The predicted octanol–water partition coefficient (Wildman–Crippen LogP) is 4.60. The molecule has 0 aromatic carbocycles. The van der Waals surface area contributed by atoms with Gasteiger partial charge in [-0.2, -0.15) is 0 Å². The van der Waals surface area contributed by atoms with Crippen LogP contribution in [0.15, 0.2) is 35.5 Å². The molecule has 1 aliphatic heterocycles. The van der Waals surface area contributed by atoms with Crippen LogP contribution in [-0.2, 0) is 4.79 Å². The summed E-state index contributed by atoms with van der Waals surface area (Å²) in [5.41, 5.74) is 1.33. The third-order valence-electron chi connectivity index (χ3n) is 7.53. The molecule has 130 valence electrons. The van der Waals surface area contributed by atoms with Gasteiger partial charge in [0.2, 0.25) is 5.91 Å². The quantitative estimate of drug-likeness (QED) is 0.689. The highest BCUT2D eigenvalue weighted by Gasteiger charge is 2.61. The second kappa shape index (κ2) is 5.27. The lowest BCUT2D eigenvalue weighted by molar-refractivity contribution is -0.132. The lowest BCUT2D eigenvalue weighted by atomic mass is 9.45. The summed E-state index contributed by atoms with van der Waals surface area (Å²) in [5.74, 6) is 0.307. The zero-order valence-electron chi connectivity index (χ0n) is 14.4. The lowest BCUT2D eigenvalue weighted by Crippen LogP contribution is -2.52. The van der Waals surface area contributed by atoms with Crippen LogP contribution in [0.25, 0.3) is 0 Å². The first-order chi connectivity index (χ1) is 11.5. The van der Waals surface area contributed by atoms with E-state index in [1.165, 1.54) is 0 Å². The van der Waals surface area contributed by atoms with Crippen molar-refractivity contribution in [3.63, 3.8) is 0 Å². The number of carbonyl (C=O) groups is 1. The van der Waals surface area contributed by atoms with Crippen LogP contribution in [0.3, 0.4) is 0 Å². The molecule has 0 bridgehead atoms. The van der Waals surface area contributed by atoms with Crippen LogP contribution in [0.2, 0.25) is 0 Å². The van der Waals surface area contributed by atoms with Gasteiger partial charge >= 0.3 is 0 Å². The molecular weight excluding hydrogens is 308 g/mol. The topological polar surface area (TPSA) is 29.1 Å². The fraction of sp³-hybridized carbons (Fsp3) is 0.650. The van der Waals surface area contributed by atoms with Gasteiger partial charge in [0.25, 0.3) is 0 Å². The van der Waals surface area contributed by atoms with E-state index in [1.54, 1.807) is 0 Å². The number of amides is 1. The summed E-state index contributed by atoms with van der Waals surface area (Å²) in [7, 11) is 0. The Morgan fingerprint density at radius 1 is 1.17 bits per heavy atom. The van der Waals surface area contributed by atoms with E-state index < -0.39 is 5.41 Å². The summed E-state index contributed by atoms with van der Waals surface area (Å²) in [6, 6.07) is 0. The molecule has 24 heavy (non-hydrogen) atoms. The van der Waals surface area contributed by atoms with Crippen molar-refractivity contribution in [2.24, 2.45) is 28.6 Å². The third kappa shape index (κ3) is 1.83. The highest BCUT2D eigenvalue weighted by Crippen LogP contribution is 2.65. The second-order valence-corrected chi connectivity index (χ2v) is 8.42. The maximum Gasteiger partial charge on any atom is 0.226 e. The second-order valence-electron chi connectivity index (χ2n) is 8.42. The zero-order valence-corrected chi connectivity index (χ0v) is 14.4. The van der Waals surface area contributed by atoms with Gasteiger partial charge in [-0.25, -0.2) is 8.78 Å². The minimum absolute atomic E-state index is 0.0426. The van der Waals surface area contributed by atoms with Crippen molar-refractivity contribution >= 4 is 5.91 Å².